The average molecular weight is 289 g/mol. The van der Waals surface area contributed by atoms with E-state index in [1.54, 1.807) is 0 Å². The van der Waals surface area contributed by atoms with Crippen molar-refractivity contribution in [2.45, 2.75) is 71.1 Å². The molecule has 1 fully saturated rings. The Morgan fingerprint density at radius 2 is 2.14 bits per heavy atom. The molecule has 0 saturated heterocycles. The molecule has 0 radical (unpaired) electrons. The molecule has 0 amide bonds. The van der Waals surface area contributed by atoms with Crippen molar-refractivity contribution in [3.05, 3.63) is 23.3 Å². The van der Waals surface area contributed by atoms with E-state index in [4.69, 9.17) is 9.47 Å². The van der Waals surface area contributed by atoms with E-state index in [2.05, 4.69) is 31.3 Å². The fourth-order valence-corrected chi connectivity index (χ4v) is 3.45. The highest BCUT2D eigenvalue weighted by molar-refractivity contribution is 5.48. The second-order valence-electron chi connectivity index (χ2n) is 6.47. The maximum absolute atomic E-state index is 5.90. The summed E-state index contributed by atoms with van der Waals surface area (Å²) in [5.74, 6) is 2.06. The molecular formula is C18H27NO2. The molecule has 1 heterocycles. The van der Waals surface area contributed by atoms with Crippen LogP contribution in [0.1, 0.15) is 57.6 Å². The lowest BCUT2D eigenvalue weighted by molar-refractivity contribution is 0.174. The fourth-order valence-electron chi connectivity index (χ4n) is 3.45. The summed E-state index contributed by atoms with van der Waals surface area (Å²) in [6.07, 6.45) is 6.42. The van der Waals surface area contributed by atoms with E-state index in [-0.39, 0.29) is 6.10 Å². The number of fused-ring (bicyclic) bond motifs is 1. The number of benzene rings is 1. The van der Waals surface area contributed by atoms with Crippen molar-refractivity contribution < 1.29 is 9.47 Å². The summed E-state index contributed by atoms with van der Waals surface area (Å²) in [6.45, 7) is 8.03. The fraction of sp³-hybridized carbons (Fsp3) is 0.667. The molecule has 1 aliphatic heterocycles. The Labute approximate surface area is 128 Å². The van der Waals surface area contributed by atoms with E-state index in [1.165, 1.54) is 36.8 Å². The second kappa shape index (κ2) is 5.88. The van der Waals surface area contributed by atoms with E-state index in [0.29, 0.717) is 12.1 Å². The Hall–Kier alpha value is -1.22. The summed E-state index contributed by atoms with van der Waals surface area (Å²) in [7, 11) is 0. The highest BCUT2D eigenvalue weighted by atomic mass is 16.5. The van der Waals surface area contributed by atoms with Crippen molar-refractivity contribution in [2.75, 3.05) is 6.61 Å². The first kappa shape index (κ1) is 14.7. The number of nitrogens with one attached hydrogen (secondary N) is 1. The lowest BCUT2D eigenvalue weighted by Gasteiger charge is -2.42. The number of hydrogen-bond acceptors (Lipinski definition) is 3. The molecule has 1 atom stereocenters. The molecule has 0 spiro atoms. The molecule has 3 rings (SSSR count). The molecule has 1 aromatic carbocycles. The number of hydrogen-bond donors (Lipinski definition) is 1. The normalized spacial score (nSPS) is 22.3. The van der Waals surface area contributed by atoms with Gasteiger partial charge in [0, 0.05) is 29.6 Å². The van der Waals surface area contributed by atoms with Gasteiger partial charge in [-0.1, -0.05) is 6.92 Å². The molecule has 1 unspecified atom stereocenters. The summed E-state index contributed by atoms with van der Waals surface area (Å²) in [5, 5.41) is 3.76. The minimum absolute atomic E-state index is 0.284. The van der Waals surface area contributed by atoms with E-state index >= 15 is 0 Å². The predicted molar refractivity (Wildman–Crippen MR) is 85.1 cm³/mol. The van der Waals surface area contributed by atoms with E-state index in [0.717, 1.165) is 24.5 Å². The molecule has 1 aliphatic carbocycles. The Bertz CT molecular complexity index is 503. The Kier molecular flexibility index (Phi) is 4.12. The largest absolute Gasteiger partial charge is 0.494 e. The third kappa shape index (κ3) is 2.89. The van der Waals surface area contributed by atoms with Crippen LogP contribution in [0.2, 0.25) is 0 Å². The smallest absolute Gasteiger partial charge is 0.124 e. The number of ether oxygens (including phenoxy) is 2. The zero-order valence-corrected chi connectivity index (χ0v) is 13.5. The van der Waals surface area contributed by atoms with Crippen molar-refractivity contribution in [1.82, 2.24) is 5.32 Å². The van der Waals surface area contributed by atoms with Crippen LogP contribution in [0.5, 0.6) is 11.5 Å². The van der Waals surface area contributed by atoms with Gasteiger partial charge in [0.1, 0.15) is 17.6 Å². The molecular weight excluding hydrogens is 262 g/mol. The first-order chi connectivity index (χ1) is 10.2. The molecule has 116 valence electrons. The van der Waals surface area contributed by atoms with Gasteiger partial charge in [-0.15, -0.1) is 0 Å². The molecule has 1 aromatic rings. The third-order valence-electron chi connectivity index (χ3n) is 5.02. The van der Waals surface area contributed by atoms with Crippen LogP contribution in [-0.4, -0.2) is 18.2 Å². The molecule has 0 aromatic heterocycles. The highest BCUT2D eigenvalue weighted by Crippen LogP contribution is 2.38. The second-order valence-corrected chi connectivity index (χ2v) is 6.47. The van der Waals surface area contributed by atoms with Crippen molar-refractivity contribution in [3.8, 4) is 11.5 Å². The van der Waals surface area contributed by atoms with E-state index < -0.39 is 0 Å². The lowest BCUT2D eigenvalue weighted by atomic mass is 9.75. The monoisotopic (exact) mass is 289 g/mol. The topological polar surface area (TPSA) is 30.5 Å². The zero-order chi connectivity index (χ0) is 14.9. The minimum atomic E-state index is 0.284. The first-order valence-electron chi connectivity index (χ1n) is 8.36. The van der Waals surface area contributed by atoms with Gasteiger partial charge in [0.15, 0.2) is 0 Å². The van der Waals surface area contributed by atoms with E-state index in [1.807, 2.05) is 6.92 Å². The Balaban J connectivity index is 1.78. The summed E-state index contributed by atoms with van der Waals surface area (Å²) in [5.41, 5.74) is 2.87. The van der Waals surface area contributed by atoms with Crippen LogP contribution in [0.25, 0.3) is 0 Å². The maximum Gasteiger partial charge on any atom is 0.124 e. The third-order valence-corrected chi connectivity index (χ3v) is 5.02. The molecule has 1 saturated carbocycles. The SMILES string of the molecule is CCOc1cc2c(cc1CNC1(CC)CCC1)OC(C)C2. The minimum Gasteiger partial charge on any atom is -0.494 e. The maximum atomic E-state index is 5.90. The van der Waals surface area contributed by atoms with Gasteiger partial charge in [0.25, 0.3) is 0 Å². The number of rotatable bonds is 6. The quantitative estimate of drug-likeness (QED) is 0.863. The van der Waals surface area contributed by atoms with Crippen LogP contribution in [0, 0.1) is 0 Å². The van der Waals surface area contributed by atoms with E-state index in [9.17, 15) is 0 Å². The summed E-state index contributed by atoms with van der Waals surface area (Å²) < 4.78 is 11.7. The summed E-state index contributed by atoms with van der Waals surface area (Å²) >= 11 is 0. The first-order valence-corrected chi connectivity index (χ1v) is 8.36. The molecule has 2 aliphatic rings. The van der Waals surface area contributed by atoms with Gasteiger partial charge in [-0.25, -0.2) is 0 Å². The van der Waals surface area contributed by atoms with Crippen LogP contribution in [-0.2, 0) is 13.0 Å². The Morgan fingerprint density at radius 3 is 2.76 bits per heavy atom. The van der Waals surface area contributed by atoms with Gasteiger partial charge in [-0.2, -0.15) is 0 Å². The van der Waals surface area contributed by atoms with Crippen molar-refractivity contribution >= 4 is 0 Å². The van der Waals surface area contributed by atoms with Crippen molar-refractivity contribution in [2.24, 2.45) is 0 Å². The van der Waals surface area contributed by atoms with Crippen molar-refractivity contribution in [1.29, 1.82) is 0 Å². The van der Waals surface area contributed by atoms with Gasteiger partial charge in [-0.05, 0) is 51.7 Å². The van der Waals surface area contributed by atoms with Gasteiger partial charge >= 0.3 is 0 Å². The Morgan fingerprint density at radius 1 is 1.33 bits per heavy atom. The van der Waals surface area contributed by atoms with Crippen LogP contribution < -0.4 is 14.8 Å². The van der Waals surface area contributed by atoms with Crippen LogP contribution in [0.4, 0.5) is 0 Å². The summed E-state index contributed by atoms with van der Waals surface area (Å²) in [4.78, 5) is 0. The zero-order valence-electron chi connectivity index (χ0n) is 13.5. The average Bonchev–Trinajstić information content (AvgIpc) is 2.77. The van der Waals surface area contributed by atoms with Crippen LogP contribution in [0.3, 0.4) is 0 Å². The predicted octanol–water partition coefficient (Wildman–Crippen LogP) is 3.83. The van der Waals surface area contributed by atoms with Crippen LogP contribution in [0.15, 0.2) is 12.1 Å². The van der Waals surface area contributed by atoms with Gasteiger partial charge in [0.05, 0.1) is 6.61 Å². The standard InChI is InChI=1S/C18H27NO2/c1-4-18(7-6-8-18)19-12-15-11-17-14(9-13(3)21-17)10-16(15)20-5-2/h10-11,13,19H,4-9,12H2,1-3H3. The highest BCUT2D eigenvalue weighted by Gasteiger charge is 2.34. The van der Waals surface area contributed by atoms with Crippen molar-refractivity contribution in [3.63, 3.8) is 0 Å². The molecule has 1 N–H and O–H groups in total. The molecule has 0 bridgehead atoms. The van der Waals surface area contributed by atoms with Gasteiger partial charge < -0.3 is 14.8 Å². The van der Waals surface area contributed by atoms with Crippen LogP contribution >= 0.6 is 0 Å². The molecule has 3 heteroatoms. The lowest BCUT2D eigenvalue weighted by Crippen LogP contribution is -2.49. The molecule has 3 nitrogen and oxygen atoms in total. The summed E-state index contributed by atoms with van der Waals surface area (Å²) in [6, 6.07) is 4.36. The molecule has 21 heavy (non-hydrogen) atoms. The van der Waals surface area contributed by atoms with Gasteiger partial charge in [-0.3, -0.25) is 0 Å². The van der Waals surface area contributed by atoms with Gasteiger partial charge in [0.2, 0.25) is 0 Å².